The van der Waals surface area contributed by atoms with Crippen LogP contribution in [0.5, 0.6) is 5.75 Å². The van der Waals surface area contributed by atoms with Crippen LogP contribution in [-0.4, -0.2) is 37.7 Å². The van der Waals surface area contributed by atoms with E-state index in [0.717, 1.165) is 37.4 Å². The molecule has 0 bridgehead atoms. The summed E-state index contributed by atoms with van der Waals surface area (Å²) >= 11 is 0. The fourth-order valence-electron chi connectivity index (χ4n) is 2.56. The molecule has 1 aliphatic carbocycles. The highest BCUT2D eigenvalue weighted by atomic mass is 16.5. The largest absolute Gasteiger partial charge is 0.492 e. The minimum atomic E-state index is 0.731. The van der Waals surface area contributed by atoms with E-state index in [-0.39, 0.29) is 0 Å². The molecule has 1 aliphatic rings. The van der Waals surface area contributed by atoms with Gasteiger partial charge in [-0.2, -0.15) is 0 Å². The Morgan fingerprint density at radius 1 is 1.35 bits per heavy atom. The summed E-state index contributed by atoms with van der Waals surface area (Å²) in [4.78, 5) is 2.59. The molecule has 0 saturated heterocycles. The molecule has 2 rings (SSSR count). The highest BCUT2D eigenvalue weighted by Crippen LogP contribution is 2.27. The van der Waals surface area contributed by atoms with Gasteiger partial charge < -0.3 is 10.1 Å². The van der Waals surface area contributed by atoms with Gasteiger partial charge in [0.2, 0.25) is 0 Å². The topological polar surface area (TPSA) is 24.5 Å². The van der Waals surface area contributed by atoms with E-state index in [0.29, 0.717) is 0 Å². The van der Waals surface area contributed by atoms with E-state index >= 15 is 0 Å². The summed E-state index contributed by atoms with van der Waals surface area (Å²) in [7, 11) is 1.97. The van der Waals surface area contributed by atoms with Crippen LogP contribution >= 0.6 is 0 Å². The first-order chi connectivity index (χ1) is 9.69. The Labute approximate surface area is 123 Å². The van der Waals surface area contributed by atoms with Crippen molar-refractivity contribution in [3.8, 4) is 5.75 Å². The first-order valence-corrected chi connectivity index (χ1v) is 7.79. The van der Waals surface area contributed by atoms with Crippen molar-refractivity contribution in [1.29, 1.82) is 0 Å². The van der Waals surface area contributed by atoms with Gasteiger partial charge in [0, 0.05) is 25.7 Å². The lowest BCUT2D eigenvalue weighted by Crippen LogP contribution is -2.33. The van der Waals surface area contributed by atoms with Crippen molar-refractivity contribution in [2.75, 3.05) is 26.7 Å². The van der Waals surface area contributed by atoms with Gasteiger partial charge in [-0.1, -0.05) is 26.0 Å². The highest BCUT2D eigenvalue weighted by Gasteiger charge is 2.28. The fourth-order valence-corrected chi connectivity index (χ4v) is 2.56. The summed E-state index contributed by atoms with van der Waals surface area (Å²) in [6.45, 7) is 8.48. The quantitative estimate of drug-likeness (QED) is 0.750. The maximum Gasteiger partial charge on any atom is 0.119 e. The summed E-state index contributed by atoms with van der Waals surface area (Å²) < 4.78 is 5.91. The van der Waals surface area contributed by atoms with Crippen molar-refractivity contribution in [2.24, 2.45) is 5.92 Å². The van der Waals surface area contributed by atoms with Crippen LogP contribution in [0.25, 0.3) is 0 Å². The fraction of sp³-hybridized carbons (Fsp3) is 0.647. The average molecular weight is 276 g/mol. The molecule has 0 radical (unpaired) electrons. The van der Waals surface area contributed by atoms with Crippen LogP contribution in [0.15, 0.2) is 24.3 Å². The lowest BCUT2D eigenvalue weighted by molar-refractivity contribution is 0.185. The van der Waals surface area contributed by atoms with E-state index in [9.17, 15) is 0 Å². The molecule has 1 aromatic carbocycles. The summed E-state index contributed by atoms with van der Waals surface area (Å²) in [5, 5.41) is 3.17. The van der Waals surface area contributed by atoms with Crippen LogP contribution in [0.3, 0.4) is 0 Å². The third-order valence-corrected chi connectivity index (χ3v) is 3.59. The number of hydrogen-bond acceptors (Lipinski definition) is 3. The molecule has 1 aromatic rings. The first kappa shape index (κ1) is 15.3. The highest BCUT2D eigenvalue weighted by molar-refractivity contribution is 5.28. The number of nitrogens with zero attached hydrogens (tertiary/aromatic N) is 1. The van der Waals surface area contributed by atoms with Gasteiger partial charge in [-0.05, 0) is 43.5 Å². The maximum absolute atomic E-state index is 5.91. The molecule has 1 N–H and O–H groups in total. The Morgan fingerprint density at radius 3 is 2.80 bits per heavy atom. The van der Waals surface area contributed by atoms with Crippen molar-refractivity contribution in [3.63, 3.8) is 0 Å². The number of ether oxygens (including phenoxy) is 1. The van der Waals surface area contributed by atoms with E-state index in [1.807, 2.05) is 13.1 Å². The molecule has 112 valence electrons. The van der Waals surface area contributed by atoms with Gasteiger partial charge in [0.1, 0.15) is 12.4 Å². The minimum absolute atomic E-state index is 0.731. The van der Waals surface area contributed by atoms with E-state index in [2.05, 4.69) is 42.3 Å². The Morgan fingerprint density at radius 2 is 2.15 bits per heavy atom. The third kappa shape index (κ3) is 5.14. The molecule has 0 atom stereocenters. The predicted molar refractivity (Wildman–Crippen MR) is 84.1 cm³/mol. The maximum atomic E-state index is 5.91. The molecule has 20 heavy (non-hydrogen) atoms. The average Bonchev–Trinajstić information content (AvgIpc) is 3.22. The molecule has 0 amide bonds. The Hall–Kier alpha value is -1.06. The SMILES string of the molecule is CNCc1cccc(OCCN(CC(C)C)C2CC2)c1. The van der Waals surface area contributed by atoms with Crippen molar-refractivity contribution < 1.29 is 4.74 Å². The van der Waals surface area contributed by atoms with Gasteiger partial charge >= 0.3 is 0 Å². The smallest absolute Gasteiger partial charge is 0.119 e. The lowest BCUT2D eigenvalue weighted by Gasteiger charge is -2.24. The monoisotopic (exact) mass is 276 g/mol. The minimum Gasteiger partial charge on any atom is -0.492 e. The van der Waals surface area contributed by atoms with E-state index in [1.165, 1.54) is 24.9 Å². The Bertz CT molecular complexity index is 402. The summed E-state index contributed by atoms with van der Waals surface area (Å²) in [6.07, 6.45) is 2.73. The molecule has 3 heteroatoms. The van der Waals surface area contributed by atoms with Gasteiger partial charge in [-0.3, -0.25) is 4.90 Å². The number of hydrogen-bond donors (Lipinski definition) is 1. The molecule has 0 aromatic heterocycles. The zero-order chi connectivity index (χ0) is 14.4. The summed E-state index contributed by atoms with van der Waals surface area (Å²) in [5.74, 6) is 1.72. The number of nitrogens with one attached hydrogen (secondary N) is 1. The zero-order valence-electron chi connectivity index (χ0n) is 13.1. The molecule has 1 fully saturated rings. The zero-order valence-corrected chi connectivity index (χ0v) is 13.1. The van der Waals surface area contributed by atoms with Gasteiger partial charge in [0.15, 0.2) is 0 Å². The lowest BCUT2D eigenvalue weighted by atomic mass is 10.2. The second kappa shape index (κ2) is 7.65. The molecular weight excluding hydrogens is 248 g/mol. The molecular formula is C17H28N2O. The molecule has 0 heterocycles. The molecule has 0 unspecified atom stereocenters. The predicted octanol–water partition coefficient (Wildman–Crippen LogP) is 2.91. The van der Waals surface area contributed by atoms with Gasteiger partial charge in [-0.15, -0.1) is 0 Å². The Kier molecular flexibility index (Phi) is 5.86. The molecule has 0 spiro atoms. The van der Waals surface area contributed by atoms with Crippen molar-refractivity contribution in [2.45, 2.75) is 39.3 Å². The van der Waals surface area contributed by atoms with E-state index in [1.54, 1.807) is 0 Å². The van der Waals surface area contributed by atoms with Crippen LogP contribution in [-0.2, 0) is 6.54 Å². The summed E-state index contributed by atoms with van der Waals surface area (Å²) in [6, 6.07) is 9.17. The summed E-state index contributed by atoms with van der Waals surface area (Å²) in [5.41, 5.74) is 1.27. The Balaban J connectivity index is 1.77. The molecule has 1 saturated carbocycles. The standard InChI is InChI=1S/C17H28N2O/c1-14(2)13-19(16-7-8-16)9-10-20-17-6-4-5-15(11-17)12-18-3/h4-6,11,14,16,18H,7-10,12-13H2,1-3H3. The van der Waals surface area contributed by atoms with Gasteiger partial charge in [0.25, 0.3) is 0 Å². The first-order valence-electron chi connectivity index (χ1n) is 7.79. The van der Waals surface area contributed by atoms with E-state index < -0.39 is 0 Å². The second-order valence-electron chi connectivity index (χ2n) is 6.15. The van der Waals surface area contributed by atoms with Crippen LogP contribution in [0.4, 0.5) is 0 Å². The van der Waals surface area contributed by atoms with Crippen LogP contribution in [0.1, 0.15) is 32.3 Å². The van der Waals surface area contributed by atoms with Gasteiger partial charge in [0.05, 0.1) is 0 Å². The van der Waals surface area contributed by atoms with Crippen LogP contribution in [0.2, 0.25) is 0 Å². The van der Waals surface area contributed by atoms with Crippen LogP contribution in [0, 0.1) is 5.92 Å². The second-order valence-corrected chi connectivity index (χ2v) is 6.15. The third-order valence-electron chi connectivity index (χ3n) is 3.59. The van der Waals surface area contributed by atoms with Gasteiger partial charge in [-0.25, -0.2) is 0 Å². The normalized spacial score (nSPS) is 15.1. The van der Waals surface area contributed by atoms with Crippen molar-refractivity contribution in [1.82, 2.24) is 10.2 Å². The number of rotatable bonds is 9. The molecule has 3 nitrogen and oxygen atoms in total. The van der Waals surface area contributed by atoms with Crippen molar-refractivity contribution >= 4 is 0 Å². The van der Waals surface area contributed by atoms with Crippen LogP contribution < -0.4 is 10.1 Å². The number of benzene rings is 1. The van der Waals surface area contributed by atoms with E-state index in [4.69, 9.17) is 4.74 Å². The molecule has 0 aliphatic heterocycles. The van der Waals surface area contributed by atoms with Crippen molar-refractivity contribution in [3.05, 3.63) is 29.8 Å².